The Kier molecular flexibility index (Phi) is 4.68. The molecule has 0 bridgehead atoms. The molecule has 0 amide bonds. The van der Waals surface area contributed by atoms with Gasteiger partial charge in [0.15, 0.2) is 0 Å². The van der Waals surface area contributed by atoms with Gasteiger partial charge in [0.05, 0.1) is 12.8 Å². The summed E-state index contributed by atoms with van der Waals surface area (Å²) in [5.41, 5.74) is 3.50. The van der Waals surface area contributed by atoms with Gasteiger partial charge in [0.1, 0.15) is 5.76 Å². The molecule has 2 heterocycles. The minimum absolute atomic E-state index is 0.0851. The quantitative estimate of drug-likeness (QED) is 0.913. The Morgan fingerprint density at radius 3 is 2.71 bits per heavy atom. The van der Waals surface area contributed by atoms with Gasteiger partial charge in [-0.25, -0.2) is 0 Å². The minimum Gasteiger partial charge on any atom is -0.467 e. The normalized spacial score (nSPS) is 11.7. The Morgan fingerprint density at radius 1 is 1.33 bits per heavy atom. The first-order valence-electron chi connectivity index (χ1n) is 7.29. The fraction of sp³-hybridized carbons (Fsp3) is 0.471. The van der Waals surface area contributed by atoms with Crippen LogP contribution in [0.15, 0.2) is 35.1 Å². The van der Waals surface area contributed by atoms with E-state index in [2.05, 4.69) is 49.1 Å². The molecule has 0 fully saturated rings. The molecule has 2 rings (SSSR count). The number of furan rings is 1. The molecule has 2 aromatic heterocycles. The number of hydrogen-bond acceptors (Lipinski definition) is 4. The first-order chi connectivity index (χ1) is 9.85. The second-order valence-corrected chi connectivity index (χ2v) is 6.49. The first kappa shape index (κ1) is 15.6. The molecule has 0 atom stereocenters. The van der Waals surface area contributed by atoms with Gasteiger partial charge in [-0.2, -0.15) is 0 Å². The molecule has 0 radical (unpaired) electrons. The van der Waals surface area contributed by atoms with Crippen molar-refractivity contribution in [3.05, 3.63) is 47.7 Å². The lowest BCUT2D eigenvalue weighted by molar-refractivity contribution is 0.424. The first-order valence-corrected chi connectivity index (χ1v) is 7.29. The van der Waals surface area contributed by atoms with Crippen molar-refractivity contribution < 1.29 is 4.42 Å². The van der Waals surface area contributed by atoms with Crippen LogP contribution in [0, 0.1) is 6.92 Å². The van der Waals surface area contributed by atoms with Crippen LogP contribution < -0.4 is 10.2 Å². The number of pyridine rings is 1. The minimum atomic E-state index is 0.0851. The van der Waals surface area contributed by atoms with Crippen molar-refractivity contribution >= 4 is 5.69 Å². The number of anilines is 1. The molecule has 0 aliphatic carbocycles. The lowest BCUT2D eigenvalue weighted by Crippen LogP contribution is -2.35. The molecule has 0 aromatic carbocycles. The Bertz CT molecular complexity index is 570. The van der Waals surface area contributed by atoms with E-state index in [1.54, 1.807) is 6.26 Å². The smallest absolute Gasteiger partial charge is 0.123 e. The van der Waals surface area contributed by atoms with Gasteiger partial charge in [0, 0.05) is 42.3 Å². The van der Waals surface area contributed by atoms with Crippen LogP contribution in [-0.4, -0.2) is 17.6 Å². The second kappa shape index (κ2) is 6.31. The molecule has 1 N–H and O–H groups in total. The molecule has 4 heteroatoms. The van der Waals surface area contributed by atoms with Crippen LogP contribution in [-0.2, 0) is 13.1 Å². The van der Waals surface area contributed by atoms with E-state index in [0.29, 0.717) is 0 Å². The van der Waals surface area contributed by atoms with Crippen molar-refractivity contribution in [2.45, 2.75) is 46.3 Å². The molecule has 0 aliphatic heterocycles. The molecular weight excluding hydrogens is 262 g/mol. The lowest BCUT2D eigenvalue weighted by atomic mass is 10.1. The van der Waals surface area contributed by atoms with Crippen molar-refractivity contribution in [2.24, 2.45) is 0 Å². The largest absolute Gasteiger partial charge is 0.467 e. The van der Waals surface area contributed by atoms with Gasteiger partial charge in [-0.1, -0.05) is 0 Å². The van der Waals surface area contributed by atoms with Crippen LogP contribution >= 0.6 is 0 Å². The van der Waals surface area contributed by atoms with E-state index in [4.69, 9.17) is 4.42 Å². The van der Waals surface area contributed by atoms with Gasteiger partial charge in [0.25, 0.3) is 0 Å². The van der Waals surface area contributed by atoms with Crippen LogP contribution in [0.4, 0.5) is 5.69 Å². The Labute approximate surface area is 127 Å². The SMILES string of the molecule is Cc1cc(N(C)Cc2ccco2)c(CNC(C)(C)C)cn1. The van der Waals surface area contributed by atoms with Crippen LogP contribution in [0.25, 0.3) is 0 Å². The van der Waals surface area contributed by atoms with E-state index in [-0.39, 0.29) is 5.54 Å². The Balaban J connectivity index is 2.18. The zero-order valence-electron chi connectivity index (χ0n) is 13.6. The van der Waals surface area contributed by atoms with Crippen molar-refractivity contribution in [2.75, 3.05) is 11.9 Å². The third kappa shape index (κ3) is 4.60. The molecular formula is C17H25N3O. The van der Waals surface area contributed by atoms with E-state index in [0.717, 1.165) is 24.5 Å². The number of nitrogens with zero attached hydrogens (tertiary/aromatic N) is 2. The summed E-state index contributed by atoms with van der Waals surface area (Å²) in [6, 6.07) is 6.04. The molecule has 4 nitrogen and oxygen atoms in total. The summed E-state index contributed by atoms with van der Waals surface area (Å²) >= 11 is 0. The molecule has 0 saturated carbocycles. The monoisotopic (exact) mass is 287 g/mol. The molecule has 114 valence electrons. The maximum Gasteiger partial charge on any atom is 0.123 e. The molecule has 21 heavy (non-hydrogen) atoms. The number of hydrogen-bond donors (Lipinski definition) is 1. The van der Waals surface area contributed by atoms with Crippen LogP contribution in [0.5, 0.6) is 0 Å². The molecule has 0 saturated heterocycles. The van der Waals surface area contributed by atoms with Crippen LogP contribution in [0.3, 0.4) is 0 Å². The zero-order chi connectivity index (χ0) is 15.5. The molecule has 0 spiro atoms. The predicted octanol–water partition coefficient (Wildman–Crippen LogP) is 3.51. The van der Waals surface area contributed by atoms with Gasteiger partial charge in [-0.15, -0.1) is 0 Å². The Hall–Kier alpha value is -1.81. The van der Waals surface area contributed by atoms with Gasteiger partial charge in [0.2, 0.25) is 0 Å². The van der Waals surface area contributed by atoms with E-state index in [1.807, 2.05) is 25.3 Å². The van der Waals surface area contributed by atoms with Gasteiger partial charge in [-0.3, -0.25) is 4.98 Å². The molecule has 2 aromatic rings. The van der Waals surface area contributed by atoms with Gasteiger partial charge < -0.3 is 14.6 Å². The summed E-state index contributed by atoms with van der Waals surface area (Å²) in [5, 5.41) is 3.52. The summed E-state index contributed by atoms with van der Waals surface area (Å²) in [6.45, 7) is 10.1. The maximum atomic E-state index is 5.44. The third-order valence-electron chi connectivity index (χ3n) is 3.29. The second-order valence-electron chi connectivity index (χ2n) is 6.49. The van der Waals surface area contributed by atoms with E-state index in [9.17, 15) is 0 Å². The van der Waals surface area contributed by atoms with Crippen molar-refractivity contribution in [1.29, 1.82) is 0 Å². The highest BCUT2D eigenvalue weighted by Crippen LogP contribution is 2.22. The van der Waals surface area contributed by atoms with E-state index in [1.165, 1.54) is 11.3 Å². The fourth-order valence-electron chi connectivity index (χ4n) is 2.15. The number of rotatable bonds is 5. The number of aryl methyl sites for hydroxylation is 1. The van der Waals surface area contributed by atoms with Gasteiger partial charge >= 0.3 is 0 Å². The zero-order valence-corrected chi connectivity index (χ0v) is 13.6. The summed E-state index contributed by atoms with van der Waals surface area (Å²) < 4.78 is 5.44. The highest BCUT2D eigenvalue weighted by molar-refractivity contribution is 5.53. The Morgan fingerprint density at radius 2 is 2.10 bits per heavy atom. The standard InChI is InChI=1S/C17H25N3O/c1-13-9-16(20(5)12-15-7-6-8-21-15)14(10-18-13)11-19-17(2,3)4/h6-10,19H,11-12H2,1-5H3. The topological polar surface area (TPSA) is 41.3 Å². The third-order valence-corrected chi connectivity index (χ3v) is 3.29. The van der Waals surface area contributed by atoms with Crippen molar-refractivity contribution in [3.63, 3.8) is 0 Å². The van der Waals surface area contributed by atoms with Gasteiger partial charge in [-0.05, 0) is 45.9 Å². The fourth-order valence-corrected chi connectivity index (χ4v) is 2.15. The van der Waals surface area contributed by atoms with Crippen LogP contribution in [0.1, 0.15) is 37.8 Å². The number of nitrogens with one attached hydrogen (secondary N) is 1. The highest BCUT2D eigenvalue weighted by Gasteiger charge is 2.14. The summed E-state index contributed by atoms with van der Waals surface area (Å²) in [5.74, 6) is 0.960. The summed E-state index contributed by atoms with van der Waals surface area (Å²) in [4.78, 5) is 6.63. The average molecular weight is 287 g/mol. The highest BCUT2D eigenvalue weighted by atomic mass is 16.3. The summed E-state index contributed by atoms with van der Waals surface area (Å²) in [7, 11) is 2.08. The van der Waals surface area contributed by atoms with Crippen molar-refractivity contribution in [3.8, 4) is 0 Å². The van der Waals surface area contributed by atoms with E-state index < -0.39 is 0 Å². The molecule has 0 aliphatic rings. The number of aromatic nitrogens is 1. The van der Waals surface area contributed by atoms with Crippen molar-refractivity contribution in [1.82, 2.24) is 10.3 Å². The average Bonchev–Trinajstić information content (AvgIpc) is 2.89. The molecule has 0 unspecified atom stereocenters. The van der Waals surface area contributed by atoms with Crippen LogP contribution in [0.2, 0.25) is 0 Å². The predicted molar refractivity (Wildman–Crippen MR) is 86.4 cm³/mol. The maximum absolute atomic E-state index is 5.44. The summed E-state index contributed by atoms with van der Waals surface area (Å²) in [6.07, 6.45) is 3.67. The lowest BCUT2D eigenvalue weighted by Gasteiger charge is -2.25. The van der Waals surface area contributed by atoms with E-state index >= 15 is 0 Å².